The van der Waals surface area contributed by atoms with Crippen LogP contribution >= 0.6 is 11.6 Å². The molecule has 0 amide bonds. The van der Waals surface area contributed by atoms with Gasteiger partial charge in [-0.2, -0.15) is 0 Å². The molecule has 1 rings (SSSR count). The number of nitrogens with zero attached hydrogens (tertiary/aromatic N) is 2. The summed E-state index contributed by atoms with van der Waals surface area (Å²) in [5.74, 6) is -0.176. The van der Waals surface area contributed by atoms with E-state index < -0.39 is 10.0 Å². The Hall–Kier alpha value is -1.38. The molecular weight excluding hydrogens is 292 g/mol. The van der Waals surface area contributed by atoms with Crippen molar-refractivity contribution in [3.8, 4) is 0 Å². The lowest BCUT2D eigenvalue weighted by atomic mass is 10.2. The van der Waals surface area contributed by atoms with Gasteiger partial charge in [0.05, 0.1) is 5.75 Å². The smallest absolute Gasteiger partial charge is 0.215 e. The van der Waals surface area contributed by atoms with E-state index in [9.17, 15) is 8.42 Å². The molecule has 0 aliphatic carbocycles. The van der Waals surface area contributed by atoms with Crippen molar-refractivity contribution < 1.29 is 13.3 Å². The van der Waals surface area contributed by atoms with Crippen LogP contribution in [0.2, 0.25) is 5.15 Å². The van der Waals surface area contributed by atoms with Gasteiger partial charge in [-0.3, -0.25) is 0 Å². The van der Waals surface area contributed by atoms with Gasteiger partial charge >= 0.3 is 0 Å². The summed E-state index contributed by atoms with van der Waals surface area (Å²) >= 11 is 5.92. The van der Waals surface area contributed by atoms with Crippen LogP contribution in [0.5, 0.6) is 0 Å². The van der Waals surface area contributed by atoms with Crippen LogP contribution in [0.25, 0.3) is 0 Å². The highest BCUT2D eigenvalue weighted by Gasteiger charge is 2.13. The molecule has 0 fully saturated rings. The second-order valence-corrected chi connectivity index (χ2v) is 5.79. The fraction of sp³-hybridized carbons (Fsp3) is 0.400. The van der Waals surface area contributed by atoms with E-state index in [4.69, 9.17) is 22.2 Å². The van der Waals surface area contributed by atoms with Crippen molar-refractivity contribution in [2.45, 2.75) is 12.7 Å². The zero-order valence-electron chi connectivity index (χ0n) is 10.6. The molecule has 19 heavy (non-hydrogen) atoms. The minimum Gasteiger partial charge on any atom is -0.394 e. The first-order valence-corrected chi connectivity index (χ1v) is 7.45. The predicted octanol–water partition coefficient (Wildman–Crippen LogP) is 0.441. The maximum absolute atomic E-state index is 11.4. The summed E-state index contributed by atoms with van der Waals surface area (Å²) < 4.78 is 25.0. The van der Waals surface area contributed by atoms with Gasteiger partial charge in [0.15, 0.2) is 5.84 Å². The topological polar surface area (TPSA) is 107 Å². The first kappa shape index (κ1) is 15.7. The molecule has 0 aliphatic rings. The average Bonchev–Trinajstić information content (AvgIpc) is 2.38. The average molecular weight is 307 g/mol. The fourth-order valence-corrected chi connectivity index (χ4v) is 2.26. The Morgan fingerprint density at radius 3 is 2.79 bits per heavy atom. The van der Waals surface area contributed by atoms with Gasteiger partial charge in [-0.25, -0.2) is 18.1 Å². The molecule has 0 atom stereocenters. The molecule has 1 aromatic rings. The standard InChI is InChI=1S/C10H15ClN4O3S/c1-3-18-15-10(12)8-5-4-7(9(11)14-8)6-19(16,17)13-2/h4-5,13H,3,6H2,1-2H3,(H2,12,15). The SMILES string of the molecule is CCO/N=C(\N)c1ccc(CS(=O)(=O)NC)c(Cl)n1. The number of rotatable bonds is 6. The van der Waals surface area contributed by atoms with Crippen LogP contribution in [0.1, 0.15) is 18.2 Å². The Kier molecular flexibility index (Phi) is 5.52. The highest BCUT2D eigenvalue weighted by Crippen LogP contribution is 2.16. The molecule has 0 aliphatic heterocycles. The zero-order valence-corrected chi connectivity index (χ0v) is 12.1. The largest absolute Gasteiger partial charge is 0.394 e. The first-order chi connectivity index (χ1) is 8.89. The van der Waals surface area contributed by atoms with Crippen molar-refractivity contribution in [2.24, 2.45) is 10.9 Å². The van der Waals surface area contributed by atoms with E-state index in [1.807, 2.05) is 0 Å². The predicted molar refractivity (Wildman–Crippen MR) is 73.3 cm³/mol. The van der Waals surface area contributed by atoms with Crippen molar-refractivity contribution in [3.63, 3.8) is 0 Å². The molecule has 0 bridgehead atoms. The molecule has 0 aromatic carbocycles. The van der Waals surface area contributed by atoms with E-state index in [0.717, 1.165) is 0 Å². The molecule has 3 N–H and O–H groups in total. The lowest BCUT2D eigenvalue weighted by Gasteiger charge is -2.06. The number of pyridine rings is 1. The third kappa shape index (κ3) is 4.66. The number of nitrogens with one attached hydrogen (secondary N) is 1. The van der Waals surface area contributed by atoms with E-state index in [1.54, 1.807) is 6.92 Å². The van der Waals surface area contributed by atoms with Crippen molar-refractivity contribution in [2.75, 3.05) is 13.7 Å². The Bertz CT molecular complexity index is 574. The Labute approximate surface area is 116 Å². The number of hydrogen-bond donors (Lipinski definition) is 2. The summed E-state index contributed by atoms with van der Waals surface area (Å²) in [6, 6.07) is 3.07. The van der Waals surface area contributed by atoms with Crippen LogP contribution in [-0.4, -0.2) is 32.9 Å². The van der Waals surface area contributed by atoms with Crippen molar-refractivity contribution in [3.05, 3.63) is 28.5 Å². The first-order valence-electron chi connectivity index (χ1n) is 5.42. The number of oxime groups is 1. The van der Waals surface area contributed by atoms with Crippen LogP contribution in [0.15, 0.2) is 17.3 Å². The fourth-order valence-electron chi connectivity index (χ4n) is 1.17. The molecule has 1 heterocycles. The minimum absolute atomic E-state index is 0.0611. The second-order valence-electron chi connectivity index (χ2n) is 3.50. The van der Waals surface area contributed by atoms with Gasteiger partial charge in [-0.15, -0.1) is 0 Å². The highest BCUT2D eigenvalue weighted by atomic mass is 35.5. The Balaban J connectivity index is 2.98. The van der Waals surface area contributed by atoms with E-state index in [2.05, 4.69) is 14.9 Å². The van der Waals surface area contributed by atoms with E-state index in [-0.39, 0.29) is 16.7 Å². The molecule has 0 unspecified atom stereocenters. The quantitative estimate of drug-likeness (QED) is 0.343. The lowest BCUT2D eigenvalue weighted by molar-refractivity contribution is 0.158. The van der Waals surface area contributed by atoms with Gasteiger partial charge in [0.1, 0.15) is 17.5 Å². The Morgan fingerprint density at radius 1 is 1.58 bits per heavy atom. The number of hydrogen-bond acceptors (Lipinski definition) is 5. The lowest BCUT2D eigenvalue weighted by Crippen LogP contribution is -2.21. The van der Waals surface area contributed by atoms with Gasteiger partial charge in [0.25, 0.3) is 0 Å². The third-order valence-electron chi connectivity index (χ3n) is 2.14. The number of nitrogens with two attached hydrogens (primary N) is 1. The number of aromatic nitrogens is 1. The summed E-state index contributed by atoms with van der Waals surface area (Å²) in [5.41, 5.74) is 6.33. The van der Waals surface area contributed by atoms with Gasteiger partial charge in [-0.05, 0) is 20.0 Å². The minimum atomic E-state index is -3.40. The van der Waals surface area contributed by atoms with Gasteiger partial charge in [0, 0.05) is 5.56 Å². The molecule has 0 saturated carbocycles. The van der Waals surface area contributed by atoms with Crippen molar-refractivity contribution >= 4 is 27.5 Å². The van der Waals surface area contributed by atoms with Crippen LogP contribution in [0.4, 0.5) is 0 Å². The monoisotopic (exact) mass is 306 g/mol. The van der Waals surface area contributed by atoms with Crippen LogP contribution in [0, 0.1) is 0 Å². The summed E-state index contributed by atoms with van der Waals surface area (Å²) in [6.45, 7) is 2.15. The number of halogens is 1. The molecule has 0 saturated heterocycles. The zero-order chi connectivity index (χ0) is 14.5. The molecule has 9 heteroatoms. The van der Waals surface area contributed by atoms with Crippen LogP contribution < -0.4 is 10.5 Å². The summed E-state index contributed by atoms with van der Waals surface area (Å²) in [7, 11) is -2.07. The van der Waals surface area contributed by atoms with E-state index >= 15 is 0 Å². The molecule has 0 spiro atoms. The normalized spacial score (nSPS) is 12.5. The third-order valence-corrected chi connectivity index (χ3v) is 3.78. The molecular formula is C10H15ClN4O3S. The summed E-state index contributed by atoms with van der Waals surface area (Å²) in [4.78, 5) is 8.77. The number of sulfonamides is 1. The molecule has 106 valence electrons. The number of amidine groups is 1. The second kappa shape index (κ2) is 6.69. The van der Waals surface area contributed by atoms with Gasteiger partial charge in [0.2, 0.25) is 10.0 Å². The molecule has 1 aromatic heterocycles. The van der Waals surface area contributed by atoms with Crippen molar-refractivity contribution in [1.29, 1.82) is 0 Å². The van der Waals surface area contributed by atoms with E-state index in [1.165, 1.54) is 19.2 Å². The Morgan fingerprint density at radius 2 is 2.26 bits per heavy atom. The van der Waals surface area contributed by atoms with Gasteiger partial charge in [-0.1, -0.05) is 22.8 Å². The summed E-state index contributed by atoms with van der Waals surface area (Å²) in [5, 5.41) is 3.68. The van der Waals surface area contributed by atoms with Crippen LogP contribution in [0.3, 0.4) is 0 Å². The van der Waals surface area contributed by atoms with E-state index in [0.29, 0.717) is 17.9 Å². The maximum atomic E-state index is 11.4. The van der Waals surface area contributed by atoms with Crippen molar-refractivity contribution in [1.82, 2.24) is 9.71 Å². The molecule has 0 radical (unpaired) electrons. The summed E-state index contributed by atoms with van der Waals surface area (Å²) in [6.07, 6.45) is 0. The highest BCUT2D eigenvalue weighted by molar-refractivity contribution is 7.88. The molecule has 7 nitrogen and oxygen atoms in total. The van der Waals surface area contributed by atoms with Crippen LogP contribution in [-0.2, 0) is 20.6 Å². The maximum Gasteiger partial charge on any atom is 0.215 e. The van der Waals surface area contributed by atoms with Gasteiger partial charge < -0.3 is 10.6 Å².